The molecule has 0 aliphatic heterocycles. The van der Waals surface area contributed by atoms with Gasteiger partial charge in [-0.1, -0.05) is 6.07 Å². The van der Waals surface area contributed by atoms with Gasteiger partial charge >= 0.3 is 6.18 Å². The van der Waals surface area contributed by atoms with Crippen LogP contribution in [0, 0.1) is 5.82 Å². The van der Waals surface area contributed by atoms with Gasteiger partial charge in [-0.2, -0.15) is 13.2 Å². The van der Waals surface area contributed by atoms with Crippen molar-refractivity contribution in [2.45, 2.75) is 18.6 Å². The van der Waals surface area contributed by atoms with Gasteiger partial charge in [-0.05, 0) is 24.7 Å². The summed E-state index contributed by atoms with van der Waals surface area (Å²) in [7, 11) is 3.45. The number of hydrogen-bond donors (Lipinski definition) is 1. The summed E-state index contributed by atoms with van der Waals surface area (Å²) in [5.74, 6) is -0.537. The molecule has 1 atom stereocenters. The average Bonchev–Trinajstić information content (AvgIpc) is 2.81. The molecule has 1 aromatic heterocycles. The van der Waals surface area contributed by atoms with E-state index in [1.807, 2.05) is 0 Å². The molecular formula is C14H15F4N3. The van der Waals surface area contributed by atoms with E-state index in [1.165, 1.54) is 6.07 Å². The fraction of sp³-hybridized carbons (Fsp3) is 0.357. The third kappa shape index (κ3) is 3.41. The lowest BCUT2D eigenvalue weighted by molar-refractivity contribution is -0.140. The second-order valence-corrected chi connectivity index (χ2v) is 4.74. The molecule has 7 heteroatoms. The molecule has 1 N–H and O–H groups in total. The highest BCUT2D eigenvalue weighted by Crippen LogP contribution is 2.33. The van der Waals surface area contributed by atoms with Crippen LogP contribution in [0.2, 0.25) is 0 Å². The first-order chi connectivity index (χ1) is 9.82. The van der Waals surface area contributed by atoms with E-state index >= 15 is 0 Å². The van der Waals surface area contributed by atoms with Gasteiger partial charge in [-0.25, -0.2) is 9.37 Å². The third-order valence-electron chi connectivity index (χ3n) is 3.35. The molecule has 3 nitrogen and oxygen atoms in total. The minimum Gasteiger partial charge on any atom is -0.338 e. The molecule has 1 heterocycles. The molecule has 0 spiro atoms. The maximum Gasteiger partial charge on any atom is 0.419 e. The lowest BCUT2D eigenvalue weighted by atomic mass is 10.0. The van der Waals surface area contributed by atoms with E-state index in [2.05, 4.69) is 10.3 Å². The van der Waals surface area contributed by atoms with Gasteiger partial charge in [0, 0.05) is 31.9 Å². The van der Waals surface area contributed by atoms with Gasteiger partial charge < -0.3 is 9.88 Å². The summed E-state index contributed by atoms with van der Waals surface area (Å²) >= 11 is 0. The average molecular weight is 301 g/mol. The molecule has 1 unspecified atom stereocenters. The first-order valence-electron chi connectivity index (χ1n) is 6.33. The van der Waals surface area contributed by atoms with Gasteiger partial charge in [-0.15, -0.1) is 0 Å². The van der Waals surface area contributed by atoms with E-state index in [-0.39, 0.29) is 6.04 Å². The molecule has 0 aliphatic rings. The molecule has 0 saturated carbocycles. The Labute approximate surface area is 119 Å². The van der Waals surface area contributed by atoms with E-state index in [0.29, 0.717) is 12.0 Å². The quantitative estimate of drug-likeness (QED) is 0.880. The van der Waals surface area contributed by atoms with Crippen molar-refractivity contribution in [3.63, 3.8) is 0 Å². The summed E-state index contributed by atoms with van der Waals surface area (Å²) in [5, 5.41) is 2.94. The SMILES string of the molecule is CNC(Cc1nccn1C)c1ccc(F)c(C(F)(F)F)c1. The first-order valence-corrected chi connectivity index (χ1v) is 6.33. The van der Waals surface area contributed by atoms with Crippen molar-refractivity contribution in [2.24, 2.45) is 7.05 Å². The third-order valence-corrected chi connectivity index (χ3v) is 3.35. The Hall–Kier alpha value is -1.89. The van der Waals surface area contributed by atoms with Crippen LogP contribution in [-0.4, -0.2) is 16.6 Å². The number of nitrogens with zero attached hydrogens (tertiary/aromatic N) is 2. The number of benzene rings is 1. The smallest absolute Gasteiger partial charge is 0.338 e. The highest BCUT2D eigenvalue weighted by Gasteiger charge is 2.34. The van der Waals surface area contributed by atoms with Crippen molar-refractivity contribution >= 4 is 0 Å². The molecule has 0 fully saturated rings. The van der Waals surface area contributed by atoms with Crippen LogP contribution in [0.5, 0.6) is 0 Å². The second kappa shape index (κ2) is 5.85. The maximum atomic E-state index is 13.3. The molecular weight excluding hydrogens is 286 g/mol. The number of halogens is 4. The zero-order valence-corrected chi connectivity index (χ0v) is 11.6. The van der Waals surface area contributed by atoms with Crippen LogP contribution in [0.4, 0.5) is 17.6 Å². The molecule has 2 aromatic rings. The predicted octanol–water partition coefficient (Wildman–Crippen LogP) is 3.08. The van der Waals surface area contributed by atoms with Gasteiger partial charge in [0.15, 0.2) is 0 Å². The Kier molecular flexibility index (Phi) is 4.32. The fourth-order valence-corrected chi connectivity index (χ4v) is 2.14. The minimum atomic E-state index is -4.71. The van der Waals surface area contributed by atoms with Crippen molar-refractivity contribution < 1.29 is 17.6 Å². The van der Waals surface area contributed by atoms with Crippen LogP contribution in [0.25, 0.3) is 0 Å². The molecule has 0 aliphatic carbocycles. The van der Waals surface area contributed by atoms with Gasteiger partial charge in [0.1, 0.15) is 11.6 Å². The lowest BCUT2D eigenvalue weighted by Crippen LogP contribution is -2.21. The Balaban J connectivity index is 2.33. The molecule has 1 aromatic carbocycles. The number of hydrogen-bond acceptors (Lipinski definition) is 2. The Morgan fingerprint density at radius 2 is 2.05 bits per heavy atom. The standard InChI is InChI=1S/C14H15F4N3/c1-19-12(8-13-20-5-6-21(13)2)9-3-4-11(15)10(7-9)14(16,17)18/h3-7,12,19H,8H2,1-2H3. The zero-order valence-electron chi connectivity index (χ0n) is 11.6. The van der Waals surface area contributed by atoms with Crippen molar-refractivity contribution in [2.75, 3.05) is 7.05 Å². The number of imidazole rings is 1. The van der Waals surface area contributed by atoms with E-state index in [4.69, 9.17) is 0 Å². The summed E-state index contributed by atoms with van der Waals surface area (Å²) in [5.41, 5.74) is -0.880. The van der Waals surface area contributed by atoms with Crippen LogP contribution in [0.15, 0.2) is 30.6 Å². The summed E-state index contributed by atoms with van der Waals surface area (Å²) in [6, 6.07) is 2.67. The van der Waals surface area contributed by atoms with Crippen molar-refractivity contribution in [3.8, 4) is 0 Å². The second-order valence-electron chi connectivity index (χ2n) is 4.74. The number of aromatic nitrogens is 2. The zero-order chi connectivity index (χ0) is 15.6. The van der Waals surface area contributed by atoms with Crippen LogP contribution < -0.4 is 5.32 Å². The molecule has 2 rings (SSSR count). The molecule has 0 amide bonds. The monoisotopic (exact) mass is 301 g/mol. The van der Waals surface area contributed by atoms with Gasteiger partial charge in [0.25, 0.3) is 0 Å². The maximum absolute atomic E-state index is 13.3. The molecule has 0 radical (unpaired) electrons. The van der Waals surface area contributed by atoms with Crippen molar-refractivity contribution in [1.82, 2.24) is 14.9 Å². The van der Waals surface area contributed by atoms with E-state index < -0.39 is 17.6 Å². The number of likely N-dealkylation sites (N-methyl/N-ethyl adjacent to an activating group) is 1. The summed E-state index contributed by atoms with van der Waals surface area (Å²) in [4.78, 5) is 4.14. The molecule has 0 saturated heterocycles. The Morgan fingerprint density at radius 1 is 1.33 bits per heavy atom. The molecule has 0 bridgehead atoms. The summed E-state index contributed by atoms with van der Waals surface area (Å²) in [6.07, 6.45) is -0.924. The normalized spacial score (nSPS) is 13.4. The van der Waals surface area contributed by atoms with E-state index in [0.717, 1.165) is 18.0 Å². The van der Waals surface area contributed by atoms with E-state index in [1.54, 1.807) is 31.1 Å². The Morgan fingerprint density at radius 3 is 2.57 bits per heavy atom. The number of aryl methyl sites for hydroxylation is 1. The van der Waals surface area contributed by atoms with Crippen LogP contribution >= 0.6 is 0 Å². The predicted molar refractivity (Wildman–Crippen MR) is 70.1 cm³/mol. The number of alkyl halides is 3. The molecule has 114 valence electrons. The number of rotatable bonds is 4. The van der Waals surface area contributed by atoms with Gasteiger partial charge in [-0.3, -0.25) is 0 Å². The lowest BCUT2D eigenvalue weighted by Gasteiger charge is -2.18. The fourth-order valence-electron chi connectivity index (χ4n) is 2.14. The van der Waals surface area contributed by atoms with E-state index in [9.17, 15) is 17.6 Å². The topological polar surface area (TPSA) is 29.9 Å². The first kappa shape index (κ1) is 15.5. The van der Waals surface area contributed by atoms with Gasteiger partial charge in [0.05, 0.1) is 5.56 Å². The van der Waals surface area contributed by atoms with Crippen molar-refractivity contribution in [3.05, 3.63) is 53.4 Å². The van der Waals surface area contributed by atoms with Gasteiger partial charge in [0.2, 0.25) is 0 Å². The van der Waals surface area contributed by atoms with Crippen LogP contribution in [-0.2, 0) is 19.6 Å². The van der Waals surface area contributed by atoms with Crippen LogP contribution in [0.3, 0.4) is 0 Å². The summed E-state index contributed by atoms with van der Waals surface area (Å²) < 4.78 is 53.4. The highest BCUT2D eigenvalue weighted by molar-refractivity contribution is 5.30. The van der Waals surface area contributed by atoms with Crippen LogP contribution in [0.1, 0.15) is 23.0 Å². The minimum absolute atomic E-state index is 0.370. The highest BCUT2D eigenvalue weighted by atomic mass is 19.4. The van der Waals surface area contributed by atoms with Crippen molar-refractivity contribution in [1.29, 1.82) is 0 Å². The number of nitrogens with one attached hydrogen (secondary N) is 1. The Bertz CT molecular complexity index is 619. The largest absolute Gasteiger partial charge is 0.419 e. The molecule has 21 heavy (non-hydrogen) atoms. The summed E-state index contributed by atoms with van der Waals surface area (Å²) in [6.45, 7) is 0.